The second-order valence-corrected chi connectivity index (χ2v) is 10.5. The van der Waals surface area contributed by atoms with Crippen molar-refractivity contribution >= 4 is 46.1 Å². The standard InChI is InChI=1S/C21H26ClN3O2S2/c22-18-9-8-17(29-18)21-24-16(13-28-21)11-19(26)25-10-4-5-14(12-25)20(27)23-15-6-2-1-3-7-15/h8-9,13-15H,1-7,10-12H2,(H,23,27). The quantitative estimate of drug-likeness (QED) is 0.713. The molecule has 1 aliphatic carbocycles. The van der Waals surface area contributed by atoms with E-state index >= 15 is 0 Å². The Morgan fingerprint density at radius 1 is 1.17 bits per heavy atom. The molecule has 2 aromatic heterocycles. The van der Waals surface area contributed by atoms with Crippen molar-refractivity contribution in [2.45, 2.75) is 57.4 Å². The molecule has 8 heteroatoms. The molecule has 5 nitrogen and oxygen atoms in total. The fraction of sp³-hybridized carbons (Fsp3) is 0.571. The molecule has 3 heterocycles. The number of halogens is 1. The van der Waals surface area contributed by atoms with Crippen LogP contribution in [0.4, 0.5) is 0 Å². The highest BCUT2D eigenvalue weighted by Gasteiger charge is 2.30. The Labute approximate surface area is 184 Å². The summed E-state index contributed by atoms with van der Waals surface area (Å²) in [6.07, 6.45) is 7.88. The predicted octanol–water partition coefficient (Wildman–Crippen LogP) is 4.76. The number of carbonyl (C=O) groups excluding carboxylic acids is 2. The third-order valence-electron chi connectivity index (χ3n) is 5.76. The molecule has 2 aliphatic rings. The van der Waals surface area contributed by atoms with Gasteiger partial charge in [-0.1, -0.05) is 30.9 Å². The molecule has 1 saturated carbocycles. The van der Waals surface area contributed by atoms with Crippen LogP contribution < -0.4 is 5.32 Å². The SMILES string of the molecule is O=C(NC1CCCCC1)C1CCCN(C(=O)Cc2csc(-c3ccc(Cl)s3)n2)C1. The molecule has 1 N–H and O–H groups in total. The number of rotatable bonds is 5. The van der Waals surface area contributed by atoms with E-state index in [1.807, 2.05) is 22.4 Å². The maximum absolute atomic E-state index is 12.8. The fourth-order valence-corrected chi connectivity index (χ4v) is 6.12. The first-order valence-electron chi connectivity index (χ1n) is 10.4. The fourth-order valence-electron chi connectivity index (χ4n) is 4.18. The lowest BCUT2D eigenvalue weighted by molar-refractivity contribution is -0.135. The molecule has 1 aliphatic heterocycles. The summed E-state index contributed by atoms with van der Waals surface area (Å²) in [5.74, 6) is 0.0926. The van der Waals surface area contributed by atoms with Crippen LogP contribution in [0.3, 0.4) is 0 Å². The average molecular weight is 452 g/mol. The van der Waals surface area contributed by atoms with Gasteiger partial charge in [-0.15, -0.1) is 22.7 Å². The highest BCUT2D eigenvalue weighted by molar-refractivity contribution is 7.23. The van der Waals surface area contributed by atoms with Crippen LogP contribution in [0, 0.1) is 5.92 Å². The molecule has 4 rings (SSSR count). The lowest BCUT2D eigenvalue weighted by Gasteiger charge is -2.33. The first kappa shape index (κ1) is 20.8. The topological polar surface area (TPSA) is 62.3 Å². The van der Waals surface area contributed by atoms with Crippen molar-refractivity contribution in [1.29, 1.82) is 0 Å². The van der Waals surface area contributed by atoms with Gasteiger partial charge in [0, 0.05) is 24.5 Å². The Morgan fingerprint density at radius 3 is 2.76 bits per heavy atom. The van der Waals surface area contributed by atoms with Crippen LogP contribution in [0.25, 0.3) is 9.88 Å². The second-order valence-electron chi connectivity index (χ2n) is 7.95. The Morgan fingerprint density at radius 2 is 2.00 bits per heavy atom. The van der Waals surface area contributed by atoms with Crippen molar-refractivity contribution in [2.24, 2.45) is 5.92 Å². The minimum atomic E-state index is -0.0890. The van der Waals surface area contributed by atoms with Gasteiger partial charge in [-0.25, -0.2) is 4.98 Å². The molecule has 1 atom stereocenters. The molecule has 0 spiro atoms. The summed E-state index contributed by atoms with van der Waals surface area (Å²) in [4.78, 5) is 33.0. The number of nitrogens with zero attached hydrogens (tertiary/aromatic N) is 2. The number of nitrogens with one attached hydrogen (secondary N) is 1. The van der Waals surface area contributed by atoms with Gasteiger partial charge in [0.1, 0.15) is 5.01 Å². The van der Waals surface area contributed by atoms with E-state index < -0.39 is 0 Å². The van der Waals surface area contributed by atoms with Gasteiger partial charge in [-0.05, 0) is 37.8 Å². The maximum Gasteiger partial charge on any atom is 0.228 e. The zero-order chi connectivity index (χ0) is 20.2. The van der Waals surface area contributed by atoms with E-state index in [2.05, 4.69) is 10.3 Å². The van der Waals surface area contributed by atoms with E-state index in [1.54, 1.807) is 0 Å². The molecule has 1 saturated heterocycles. The number of hydrogen-bond donors (Lipinski definition) is 1. The van der Waals surface area contributed by atoms with Crippen molar-refractivity contribution in [3.8, 4) is 9.88 Å². The summed E-state index contributed by atoms with van der Waals surface area (Å²) in [7, 11) is 0. The Bertz CT molecular complexity index is 860. The van der Waals surface area contributed by atoms with Gasteiger partial charge < -0.3 is 10.2 Å². The van der Waals surface area contributed by atoms with E-state index in [-0.39, 0.29) is 24.2 Å². The smallest absolute Gasteiger partial charge is 0.228 e. The van der Waals surface area contributed by atoms with Crippen molar-refractivity contribution in [3.63, 3.8) is 0 Å². The number of thiophene rings is 1. The van der Waals surface area contributed by atoms with Gasteiger partial charge in [-0.2, -0.15) is 0 Å². The van der Waals surface area contributed by atoms with Gasteiger partial charge in [0.2, 0.25) is 11.8 Å². The minimum Gasteiger partial charge on any atom is -0.353 e. The van der Waals surface area contributed by atoms with Crippen molar-refractivity contribution in [1.82, 2.24) is 15.2 Å². The Kier molecular flexibility index (Phi) is 6.88. The van der Waals surface area contributed by atoms with Crippen molar-refractivity contribution in [3.05, 3.63) is 27.5 Å². The molecule has 2 amide bonds. The van der Waals surface area contributed by atoms with Crippen LogP contribution in [0.15, 0.2) is 17.5 Å². The summed E-state index contributed by atoms with van der Waals surface area (Å²) in [6.45, 7) is 1.25. The predicted molar refractivity (Wildman–Crippen MR) is 118 cm³/mol. The molecule has 156 valence electrons. The molecule has 0 radical (unpaired) electrons. The summed E-state index contributed by atoms with van der Waals surface area (Å²) in [6, 6.07) is 4.14. The number of amides is 2. The number of likely N-dealkylation sites (tertiary alicyclic amines) is 1. The number of thiazole rings is 1. The third-order valence-corrected chi connectivity index (χ3v) is 8.06. The lowest BCUT2D eigenvalue weighted by Crippen LogP contribution is -2.48. The zero-order valence-electron chi connectivity index (χ0n) is 16.4. The normalized spacial score (nSPS) is 20.6. The molecular formula is C21H26ClN3O2S2. The maximum atomic E-state index is 12.8. The van der Waals surface area contributed by atoms with Gasteiger partial charge >= 0.3 is 0 Å². The van der Waals surface area contributed by atoms with Gasteiger partial charge in [0.05, 0.1) is 27.2 Å². The molecule has 2 fully saturated rings. The van der Waals surface area contributed by atoms with E-state index in [0.717, 1.165) is 52.1 Å². The number of aromatic nitrogens is 1. The average Bonchev–Trinajstić information content (AvgIpc) is 3.37. The monoisotopic (exact) mass is 451 g/mol. The van der Waals surface area contributed by atoms with Crippen LogP contribution >= 0.6 is 34.3 Å². The van der Waals surface area contributed by atoms with Crippen molar-refractivity contribution in [2.75, 3.05) is 13.1 Å². The summed E-state index contributed by atoms with van der Waals surface area (Å²) >= 11 is 9.03. The molecule has 0 bridgehead atoms. The molecule has 2 aromatic rings. The summed E-state index contributed by atoms with van der Waals surface area (Å²) in [5, 5.41) is 6.06. The third kappa shape index (κ3) is 5.38. The Hall–Kier alpha value is -1.44. The molecule has 0 aromatic carbocycles. The number of carbonyl (C=O) groups is 2. The van der Waals surface area contributed by atoms with Crippen LogP contribution in [0.2, 0.25) is 4.34 Å². The van der Waals surface area contributed by atoms with E-state index in [0.29, 0.717) is 12.6 Å². The van der Waals surface area contributed by atoms with Crippen LogP contribution in [-0.4, -0.2) is 40.8 Å². The van der Waals surface area contributed by atoms with Crippen molar-refractivity contribution < 1.29 is 9.59 Å². The minimum absolute atomic E-state index is 0.0567. The summed E-state index contributed by atoms with van der Waals surface area (Å²) < 4.78 is 0.735. The van der Waals surface area contributed by atoms with E-state index in [9.17, 15) is 9.59 Å². The molecule has 29 heavy (non-hydrogen) atoms. The number of hydrogen-bond acceptors (Lipinski definition) is 5. The first-order valence-corrected chi connectivity index (χ1v) is 12.4. The van der Waals surface area contributed by atoms with Crippen LogP contribution in [-0.2, 0) is 16.0 Å². The number of piperidine rings is 1. The van der Waals surface area contributed by atoms with Gasteiger partial charge in [0.25, 0.3) is 0 Å². The lowest BCUT2D eigenvalue weighted by atomic mass is 9.93. The van der Waals surface area contributed by atoms with Gasteiger partial charge in [0.15, 0.2) is 0 Å². The van der Waals surface area contributed by atoms with E-state index in [1.165, 1.54) is 41.9 Å². The second kappa shape index (κ2) is 9.58. The molecular weight excluding hydrogens is 426 g/mol. The highest BCUT2D eigenvalue weighted by Crippen LogP contribution is 2.33. The first-order chi connectivity index (χ1) is 14.1. The Balaban J connectivity index is 1.31. The molecule has 1 unspecified atom stereocenters. The van der Waals surface area contributed by atoms with Crippen LogP contribution in [0.5, 0.6) is 0 Å². The van der Waals surface area contributed by atoms with E-state index in [4.69, 9.17) is 11.6 Å². The zero-order valence-corrected chi connectivity index (χ0v) is 18.8. The van der Waals surface area contributed by atoms with Gasteiger partial charge in [-0.3, -0.25) is 9.59 Å². The van der Waals surface area contributed by atoms with Crippen LogP contribution in [0.1, 0.15) is 50.6 Å². The summed E-state index contributed by atoms with van der Waals surface area (Å²) in [5.41, 5.74) is 0.785. The largest absolute Gasteiger partial charge is 0.353 e. The highest BCUT2D eigenvalue weighted by atomic mass is 35.5.